The van der Waals surface area contributed by atoms with Gasteiger partial charge in [0.1, 0.15) is 0 Å². The van der Waals surface area contributed by atoms with Crippen molar-refractivity contribution < 1.29 is 9.59 Å². The highest BCUT2D eigenvalue weighted by Crippen LogP contribution is 2.15. The predicted octanol–water partition coefficient (Wildman–Crippen LogP) is 0.849. The topological polar surface area (TPSA) is 102 Å². The minimum Gasteiger partial charge on any atom is -0.335 e. The van der Waals surface area contributed by atoms with Gasteiger partial charge in [-0.25, -0.2) is 4.79 Å². The summed E-state index contributed by atoms with van der Waals surface area (Å²) in [6.07, 6.45) is 3.18. The minimum absolute atomic E-state index is 0.0727. The molecule has 3 heterocycles. The average molecular weight is 351 g/mol. The van der Waals surface area contributed by atoms with Gasteiger partial charge >= 0.3 is 5.69 Å². The molecule has 8 heteroatoms. The second kappa shape index (κ2) is 6.47. The molecule has 0 atom stereocenters. The molecule has 0 aliphatic carbocycles. The van der Waals surface area contributed by atoms with E-state index in [0.717, 1.165) is 0 Å². The lowest BCUT2D eigenvalue weighted by Crippen LogP contribution is -2.50. The molecule has 2 aromatic heterocycles. The molecule has 1 aliphatic rings. The number of rotatable bonds is 2. The van der Waals surface area contributed by atoms with Gasteiger partial charge in [-0.15, -0.1) is 0 Å². The Morgan fingerprint density at radius 2 is 1.54 bits per heavy atom. The summed E-state index contributed by atoms with van der Waals surface area (Å²) in [6, 6.07) is 8.54. The van der Waals surface area contributed by atoms with Crippen LogP contribution in [-0.2, 0) is 0 Å². The van der Waals surface area contributed by atoms with Crippen LogP contribution in [0.3, 0.4) is 0 Å². The summed E-state index contributed by atoms with van der Waals surface area (Å²) in [7, 11) is 0. The highest BCUT2D eigenvalue weighted by molar-refractivity contribution is 5.98. The van der Waals surface area contributed by atoms with Gasteiger partial charge in [0, 0.05) is 44.1 Å². The van der Waals surface area contributed by atoms with Gasteiger partial charge in [-0.05, 0) is 30.3 Å². The maximum Gasteiger partial charge on any atom is 0.323 e. The highest BCUT2D eigenvalue weighted by atomic mass is 16.2. The standard InChI is InChI=1S/C18H17N5O3/c24-16(12-3-4-14-15(10-12)21-18(26)20-14)22-6-8-23(9-7-22)17(25)13-2-1-5-19-11-13/h1-5,10-11H,6-9H2,(H2,20,21,26). The summed E-state index contributed by atoms with van der Waals surface area (Å²) in [5.41, 5.74) is 2.03. The SMILES string of the molecule is O=C(c1cccnc1)N1CCN(C(=O)c2ccc3[nH]c(=O)[nH]c3c2)CC1. The van der Waals surface area contributed by atoms with Crippen molar-refractivity contribution in [3.63, 3.8) is 0 Å². The van der Waals surface area contributed by atoms with Crippen LogP contribution >= 0.6 is 0 Å². The van der Waals surface area contributed by atoms with E-state index in [0.29, 0.717) is 48.3 Å². The quantitative estimate of drug-likeness (QED) is 0.714. The number of fused-ring (bicyclic) bond motifs is 1. The molecule has 1 aliphatic heterocycles. The molecule has 0 spiro atoms. The summed E-state index contributed by atoms with van der Waals surface area (Å²) >= 11 is 0. The molecular formula is C18H17N5O3. The van der Waals surface area contributed by atoms with Crippen molar-refractivity contribution in [2.75, 3.05) is 26.2 Å². The molecule has 2 amide bonds. The van der Waals surface area contributed by atoms with Crippen molar-refractivity contribution in [1.29, 1.82) is 0 Å². The number of carbonyl (C=O) groups excluding carboxylic acids is 2. The van der Waals surface area contributed by atoms with Crippen molar-refractivity contribution in [2.45, 2.75) is 0 Å². The zero-order valence-corrected chi connectivity index (χ0v) is 13.9. The number of piperazine rings is 1. The molecule has 4 rings (SSSR count). The molecule has 2 N–H and O–H groups in total. The first kappa shape index (κ1) is 16.1. The summed E-state index contributed by atoms with van der Waals surface area (Å²) in [6.45, 7) is 1.88. The van der Waals surface area contributed by atoms with Crippen molar-refractivity contribution in [3.8, 4) is 0 Å². The number of hydrogen-bond acceptors (Lipinski definition) is 4. The van der Waals surface area contributed by atoms with Gasteiger partial charge in [-0.1, -0.05) is 0 Å². The number of H-pyrrole nitrogens is 2. The maximum atomic E-state index is 12.7. The molecule has 132 valence electrons. The summed E-state index contributed by atoms with van der Waals surface area (Å²) < 4.78 is 0. The lowest BCUT2D eigenvalue weighted by Gasteiger charge is -2.34. The smallest absolute Gasteiger partial charge is 0.323 e. The Morgan fingerprint density at radius 1 is 0.885 bits per heavy atom. The van der Waals surface area contributed by atoms with Gasteiger partial charge in [0.05, 0.1) is 16.6 Å². The molecule has 1 aromatic carbocycles. The van der Waals surface area contributed by atoms with Crippen molar-refractivity contribution in [1.82, 2.24) is 24.8 Å². The van der Waals surface area contributed by atoms with Crippen LogP contribution in [-0.4, -0.2) is 62.7 Å². The first-order chi connectivity index (χ1) is 12.6. The fraction of sp³-hybridized carbons (Fsp3) is 0.222. The Hall–Kier alpha value is -3.42. The van der Waals surface area contributed by atoms with E-state index in [1.54, 1.807) is 52.5 Å². The van der Waals surface area contributed by atoms with Crippen LogP contribution in [0.15, 0.2) is 47.5 Å². The molecule has 8 nitrogen and oxygen atoms in total. The number of aromatic nitrogens is 3. The van der Waals surface area contributed by atoms with E-state index < -0.39 is 0 Å². The Balaban J connectivity index is 1.44. The lowest BCUT2D eigenvalue weighted by atomic mass is 10.1. The Morgan fingerprint density at radius 3 is 2.19 bits per heavy atom. The minimum atomic E-state index is -0.299. The molecule has 0 unspecified atom stereocenters. The van der Waals surface area contributed by atoms with Crippen LogP contribution in [0.2, 0.25) is 0 Å². The number of nitrogens with zero attached hydrogens (tertiary/aromatic N) is 3. The van der Waals surface area contributed by atoms with E-state index in [9.17, 15) is 14.4 Å². The molecule has 3 aromatic rings. The van der Waals surface area contributed by atoms with Gasteiger partial charge < -0.3 is 19.8 Å². The van der Waals surface area contributed by atoms with Crippen LogP contribution in [0.25, 0.3) is 11.0 Å². The maximum absolute atomic E-state index is 12.7. The van der Waals surface area contributed by atoms with Crippen LogP contribution in [0.5, 0.6) is 0 Å². The molecule has 1 saturated heterocycles. The average Bonchev–Trinajstić information content (AvgIpc) is 3.07. The molecule has 26 heavy (non-hydrogen) atoms. The summed E-state index contributed by atoms with van der Waals surface area (Å²) in [5.74, 6) is -0.182. The fourth-order valence-corrected chi connectivity index (χ4v) is 3.13. The predicted molar refractivity (Wildman–Crippen MR) is 95.0 cm³/mol. The number of imidazole rings is 1. The summed E-state index contributed by atoms with van der Waals surface area (Å²) in [5, 5.41) is 0. The number of carbonyl (C=O) groups is 2. The molecule has 0 saturated carbocycles. The molecular weight excluding hydrogens is 334 g/mol. The number of aromatic amines is 2. The molecule has 0 bridgehead atoms. The van der Waals surface area contributed by atoms with E-state index in [2.05, 4.69) is 15.0 Å². The second-order valence-electron chi connectivity index (χ2n) is 6.17. The number of hydrogen-bond donors (Lipinski definition) is 2. The van der Waals surface area contributed by atoms with Crippen LogP contribution < -0.4 is 5.69 Å². The number of benzene rings is 1. The Bertz CT molecular complexity index is 1020. The van der Waals surface area contributed by atoms with Gasteiger partial charge in [0.25, 0.3) is 11.8 Å². The van der Waals surface area contributed by atoms with Crippen molar-refractivity contribution in [3.05, 3.63) is 64.3 Å². The third kappa shape index (κ3) is 2.97. The number of nitrogens with one attached hydrogen (secondary N) is 2. The van der Waals surface area contributed by atoms with Gasteiger partial charge in [0.15, 0.2) is 0 Å². The fourth-order valence-electron chi connectivity index (χ4n) is 3.13. The zero-order chi connectivity index (χ0) is 18.1. The first-order valence-electron chi connectivity index (χ1n) is 8.32. The van der Waals surface area contributed by atoms with Gasteiger partial charge in [0.2, 0.25) is 0 Å². The van der Waals surface area contributed by atoms with Crippen LogP contribution in [0, 0.1) is 0 Å². The number of pyridine rings is 1. The van der Waals surface area contributed by atoms with Crippen LogP contribution in [0.4, 0.5) is 0 Å². The van der Waals surface area contributed by atoms with E-state index in [-0.39, 0.29) is 17.5 Å². The third-order valence-electron chi connectivity index (χ3n) is 4.53. The van der Waals surface area contributed by atoms with E-state index in [1.165, 1.54) is 0 Å². The van der Waals surface area contributed by atoms with Gasteiger partial charge in [-0.2, -0.15) is 0 Å². The lowest BCUT2D eigenvalue weighted by molar-refractivity contribution is 0.0535. The van der Waals surface area contributed by atoms with Crippen molar-refractivity contribution in [2.24, 2.45) is 0 Å². The second-order valence-corrected chi connectivity index (χ2v) is 6.17. The van der Waals surface area contributed by atoms with E-state index in [1.807, 2.05) is 0 Å². The third-order valence-corrected chi connectivity index (χ3v) is 4.53. The largest absolute Gasteiger partial charge is 0.335 e. The van der Waals surface area contributed by atoms with Crippen molar-refractivity contribution >= 4 is 22.8 Å². The highest BCUT2D eigenvalue weighted by Gasteiger charge is 2.25. The van der Waals surface area contributed by atoms with Gasteiger partial charge in [-0.3, -0.25) is 14.6 Å². The summed E-state index contributed by atoms with van der Waals surface area (Å²) in [4.78, 5) is 49.2. The first-order valence-corrected chi connectivity index (χ1v) is 8.32. The molecule has 1 fully saturated rings. The monoisotopic (exact) mass is 351 g/mol. The number of amides is 2. The van der Waals surface area contributed by atoms with Crippen LogP contribution in [0.1, 0.15) is 20.7 Å². The Labute approximate surface area is 148 Å². The Kier molecular flexibility index (Phi) is 4.00. The molecule has 0 radical (unpaired) electrons. The zero-order valence-electron chi connectivity index (χ0n) is 13.9. The normalized spacial score (nSPS) is 14.6. The van der Waals surface area contributed by atoms with E-state index in [4.69, 9.17) is 0 Å². The van der Waals surface area contributed by atoms with E-state index >= 15 is 0 Å².